The molecule has 0 saturated carbocycles. The molecule has 82 valence electrons. The molecule has 15 heavy (non-hydrogen) atoms. The number of hydrogen-bond donors (Lipinski definition) is 0. The van der Waals surface area contributed by atoms with Gasteiger partial charge in [0.05, 0.1) is 6.42 Å². The van der Waals surface area contributed by atoms with E-state index in [9.17, 15) is 4.79 Å². The highest BCUT2D eigenvalue weighted by molar-refractivity contribution is 5.72. The fraction of sp³-hybridized carbons (Fsp3) is 0.500. The van der Waals surface area contributed by atoms with E-state index in [1.807, 2.05) is 56.9 Å². The molecule has 0 aliphatic carbocycles. The van der Waals surface area contributed by atoms with Crippen molar-refractivity contribution in [3.63, 3.8) is 0 Å². The normalized spacial score (nSPS) is 11.2. The van der Waals surface area contributed by atoms with Gasteiger partial charge >= 0.3 is 5.97 Å². The lowest BCUT2D eigenvalue weighted by molar-refractivity contribution is -0.671. The zero-order valence-corrected chi connectivity index (χ0v) is 9.78. The smallest absolute Gasteiger partial charge is 0.310 e. The van der Waals surface area contributed by atoms with Crippen molar-refractivity contribution in [2.45, 2.75) is 32.8 Å². The van der Waals surface area contributed by atoms with E-state index < -0.39 is 5.60 Å². The molecule has 0 radical (unpaired) electrons. The highest BCUT2D eigenvalue weighted by Crippen LogP contribution is 2.09. The minimum atomic E-state index is -0.406. The Bertz CT molecular complexity index is 336. The van der Waals surface area contributed by atoms with Crippen LogP contribution >= 0.6 is 0 Å². The van der Waals surface area contributed by atoms with Gasteiger partial charge in [-0.2, -0.15) is 0 Å². The third kappa shape index (κ3) is 4.58. The molecule has 1 aromatic heterocycles. The van der Waals surface area contributed by atoms with E-state index in [4.69, 9.17) is 4.74 Å². The van der Waals surface area contributed by atoms with Crippen molar-refractivity contribution in [1.29, 1.82) is 0 Å². The molecule has 0 aromatic carbocycles. The molecule has 1 rings (SSSR count). The predicted molar refractivity (Wildman–Crippen MR) is 57.2 cm³/mol. The number of aryl methyl sites for hydroxylation is 1. The van der Waals surface area contributed by atoms with Crippen LogP contribution in [0.5, 0.6) is 0 Å². The van der Waals surface area contributed by atoms with Gasteiger partial charge in [-0.05, 0) is 26.3 Å². The monoisotopic (exact) mass is 208 g/mol. The second-order valence-electron chi connectivity index (χ2n) is 4.64. The quantitative estimate of drug-likeness (QED) is 0.543. The van der Waals surface area contributed by atoms with Crippen LogP contribution in [0.3, 0.4) is 0 Å². The van der Waals surface area contributed by atoms with E-state index in [-0.39, 0.29) is 5.97 Å². The molecule has 3 heteroatoms. The zero-order valence-electron chi connectivity index (χ0n) is 9.78. The molecule has 0 bridgehead atoms. The second-order valence-corrected chi connectivity index (χ2v) is 4.64. The van der Waals surface area contributed by atoms with Gasteiger partial charge < -0.3 is 4.74 Å². The molecule has 0 fully saturated rings. The Labute approximate surface area is 90.7 Å². The second kappa shape index (κ2) is 4.43. The molecule has 1 heterocycles. The third-order valence-electron chi connectivity index (χ3n) is 1.82. The number of hydrogen-bond acceptors (Lipinski definition) is 2. The van der Waals surface area contributed by atoms with E-state index in [1.54, 1.807) is 0 Å². The van der Waals surface area contributed by atoms with Gasteiger partial charge in [0, 0.05) is 12.1 Å². The summed E-state index contributed by atoms with van der Waals surface area (Å²) >= 11 is 0. The van der Waals surface area contributed by atoms with Crippen molar-refractivity contribution in [3.05, 3.63) is 30.1 Å². The van der Waals surface area contributed by atoms with Crippen LogP contribution in [-0.2, 0) is 23.0 Å². The molecular weight excluding hydrogens is 190 g/mol. The molecule has 0 spiro atoms. The van der Waals surface area contributed by atoms with Gasteiger partial charge in [-0.3, -0.25) is 4.79 Å². The molecule has 0 N–H and O–H groups in total. The fourth-order valence-electron chi connectivity index (χ4n) is 1.19. The summed E-state index contributed by atoms with van der Waals surface area (Å²) in [5, 5.41) is 0. The van der Waals surface area contributed by atoms with Crippen LogP contribution in [0.15, 0.2) is 24.5 Å². The van der Waals surface area contributed by atoms with Crippen molar-refractivity contribution < 1.29 is 14.1 Å². The maximum atomic E-state index is 11.5. The van der Waals surface area contributed by atoms with E-state index in [0.717, 1.165) is 5.56 Å². The van der Waals surface area contributed by atoms with E-state index in [2.05, 4.69) is 0 Å². The summed E-state index contributed by atoms with van der Waals surface area (Å²) in [5.74, 6) is -0.184. The largest absolute Gasteiger partial charge is 0.460 e. The SMILES string of the molecule is C[n+]1ccc(CC(=O)OC(C)(C)C)cc1. The summed E-state index contributed by atoms with van der Waals surface area (Å²) in [6.45, 7) is 5.61. The molecule has 3 nitrogen and oxygen atoms in total. The summed E-state index contributed by atoms with van der Waals surface area (Å²) in [6, 6.07) is 3.84. The molecule has 0 saturated heterocycles. The first-order chi connectivity index (χ1) is 6.87. The van der Waals surface area contributed by atoms with Crippen LogP contribution in [0.25, 0.3) is 0 Å². The molecule has 0 aliphatic rings. The lowest BCUT2D eigenvalue weighted by Crippen LogP contribution is -2.27. The number of rotatable bonds is 2. The number of ether oxygens (including phenoxy) is 1. The first-order valence-electron chi connectivity index (χ1n) is 5.03. The Morgan fingerprint density at radius 3 is 2.33 bits per heavy atom. The van der Waals surface area contributed by atoms with Crippen LogP contribution in [-0.4, -0.2) is 11.6 Å². The lowest BCUT2D eigenvalue weighted by Gasteiger charge is -2.19. The van der Waals surface area contributed by atoms with Crippen molar-refractivity contribution in [1.82, 2.24) is 0 Å². The summed E-state index contributed by atoms with van der Waals surface area (Å²) in [7, 11) is 1.94. The Morgan fingerprint density at radius 2 is 1.87 bits per heavy atom. The van der Waals surface area contributed by atoms with Crippen molar-refractivity contribution in [2.75, 3.05) is 0 Å². The minimum Gasteiger partial charge on any atom is -0.460 e. The van der Waals surface area contributed by atoms with Gasteiger partial charge in [0.1, 0.15) is 12.6 Å². The Balaban J connectivity index is 2.55. The number of nitrogens with zero attached hydrogens (tertiary/aromatic N) is 1. The summed E-state index contributed by atoms with van der Waals surface area (Å²) in [4.78, 5) is 11.5. The van der Waals surface area contributed by atoms with E-state index >= 15 is 0 Å². The number of carbonyl (C=O) groups excluding carboxylic acids is 1. The Hall–Kier alpha value is -1.38. The third-order valence-corrected chi connectivity index (χ3v) is 1.82. The van der Waals surface area contributed by atoms with E-state index in [1.165, 1.54) is 0 Å². The van der Waals surface area contributed by atoms with Gasteiger partial charge in [-0.1, -0.05) is 0 Å². The van der Waals surface area contributed by atoms with Gasteiger partial charge in [0.25, 0.3) is 0 Å². The standard InChI is InChI=1S/C12H18NO2/c1-12(2,3)15-11(14)9-10-5-7-13(4)8-6-10/h5-8H,9H2,1-4H3/q+1. The zero-order chi connectivity index (χ0) is 11.5. The summed E-state index contributed by atoms with van der Waals surface area (Å²) in [5.41, 5.74) is 0.568. The van der Waals surface area contributed by atoms with Crippen molar-refractivity contribution >= 4 is 5.97 Å². The Morgan fingerprint density at radius 1 is 1.33 bits per heavy atom. The first-order valence-corrected chi connectivity index (χ1v) is 5.03. The van der Waals surface area contributed by atoms with Crippen molar-refractivity contribution in [3.8, 4) is 0 Å². The summed E-state index contributed by atoms with van der Waals surface area (Å²) < 4.78 is 7.16. The van der Waals surface area contributed by atoms with Gasteiger partial charge in [-0.25, -0.2) is 4.57 Å². The average molecular weight is 208 g/mol. The van der Waals surface area contributed by atoms with Gasteiger partial charge in [0.2, 0.25) is 0 Å². The van der Waals surface area contributed by atoms with Crippen LogP contribution in [0.2, 0.25) is 0 Å². The molecular formula is C12H18NO2+. The number of pyridine rings is 1. The fourth-order valence-corrected chi connectivity index (χ4v) is 1.19. The lowest BCUT2D eigenvalue weighted by atomic mass is 10.1. The number of esters is 1. The van der Waals surface area contributed by atoms with Crippen LogP contribution < -0.4 is 4.57 Å². The van der Waals surface area contributed by atoms with Gasteiger partial charge in [-0.15, -0.1) is 0 Å². The van der Waals surface area contributed by atoms with Crippen molar-refractivity contribution in [2.24, 2.45) is 7.05 Å². The molecule has 0 aliphatic heterocycles. The highest BCUT2D eigenvalue weighted by Gasteiger charge is 2.16. The maximum absolute atomic E-state index is 11.5. The van der Waals surface area contributed by atoms with Crippen LogP contribution in [0.4, 0.5) is 0 Å². The topological polar surface area (TPSA) is 30.2 Å². The maximum Gasteiger partial charge on any atom is 0.310 e. The van der Waals surface area contributed by atoms with Crippen LogP contribution in [0, 0.1) is 0 Å². The average Bonchev–Trinajstić information content (AvgIpc) is 2.05. The molecule has 0 unspecified atom stereocenters. The minimum absolute atomic E-state index is 0.184. The number of aromatic nitrogens is 1. The molecule has 0 amide bonds. The first kappa shape index (κ1) is 11.7. The Kier molecular flexibility index (Phi) is 3.45. The number of carbonyl (C=O) groups is 1. The van der Waals surface area contributed by atoms with E-state index in [0.29, 0.717) is 6.42 Å². The van der Waals surface area contributed by atoms with Gasteiger partial charge in [0.15, 0.2) is 12.4 Å². The molecule has 1 aromatic rings. The predicted octanol–water partition coefficient (Wildman–Crippen LogP) is 1.40. The summed E-state index contributed by atoms with van der Waals surface area (Å²) in [6.07, 6.45) is 4.16. The highest BCUT2D eigenvalue weighted by atomic mass is 16.6. The van der Waals surface area contributed by atoms with Crippen LogP contribution in [0.1, 0.15) is 26.3 Å². The molecule has 0 atom stereocenters.